The third-order valence-corrected chi connectivity index (χ3v) is 7.61. The molecule has 1 fully saturated rings. The lowest BCUT2D eigenvalue weighted by Gasteiger charge is -2.42. The first kappa shape index (κ1) is 23.6. The molecule has 2 aromatic carbocycles. The molecule has 1 aliphatic heterocycles. The summed E-state index contributed by atoms with van der Waals surface area (Å²) in [4.78, 5) is 23.9. The SMILES string of the molecule is Cc1cc2c(cc1-c1ccc(/C=C3\SC(=O)NC3=O)cc1OC(C)C)C(C)(C)CCC2(C)C. The smallest absolute Gasteiger partial charge is 0.290 e. The summed E-state index contributed by atoms with van der Waals surface area (Å²) < 4.78 is 6.24. The molecule has 2 amide bonds. The maximum Gasteiger partial charge on any atom is 0.290 e. The number of imide groups is 1. The molecule has 4 rings (SSSR count). The maximum atomic E-state index is 12.0. The second kappa shape index (κ2) is 8.35. The predicted octanol–water partition coefficient (Wildman–Crippen LogP) is 7.12. The van der Waals surface area contributed by atoms with Gasteiger partial charge >= 0.3 is 0 Å². The molecular weight excluding hydrogens is 430 g/mol. The number of thioether (sulfide) groups is 1. The number of amides is 2. The molecule has 1 aliphatic carbocycles. The van der Waals surface area contributed by atoms with Crippen LogP contribution in [0.1, 0.15) is 76.6 Å². The zero-order valence-electron chi connectivity index (χ0n) is 20.6. The van der Waals surface area contributed by atoms with E-state index in [1.165, 1.54) is 28.7 Å². The summed E-state index contributed by atoms with van der Waals surface area (Å²) in [5, 5.41) is 1.97. The quantitative estimate of drug-likeness (QED) is 0.490. The van der Waals surface area contributed by atoms with Crippen molar-refractivity contribution in [1.29, 1.82) is 0 Å². The third-order valence-electron chi connectivity index (χ3n) is 6.80. The first-order valence-electron chi connectivity index (χ1n) is 11.6. The second-order valence-corrected chi connectivity index (χ2v) is 11.8. The molecule has 0 bridgehead atoms. The van der Waals surface area contributed by atoms with Crippen molar-refractivity contribution in [1.82, 2.24) is 5.32 Å². The van der Waals surface area contributed by atoms with E-state index >= 15 is 0 Å². The van der Waals surface area contributed by atoms with Crippen molar-refractivity contribution in [3.63, 3.8) is 0 Å². The highest BCUT2D eigenvalue weighted by Crippen LogP contribution is 2.48. The molecular formula is C28H33NO3S. The fraction of sp³-hybridized carbons (Fsp3) is 0.429. The van der Waals surface area contributed by atoms with Gasteiger partial charge in [0, 0.05) is 5.56 Å². The predicted molar refractivity (Wildman–Crippen MR) is 137 cm³/mol. The van der Waals surface area contributed by atoms with Crippen molar-refractivity contribution in [2.24, 2.45) is 0 Å². The van der Waals surface area contributed by atoms with Crippen LogP contribution in [0.25, 0.3) is 17.2 Å². The summed E-state index contributed by atoms with van der Waals surface area (Å²) in [6.07, 6.45) is 4.10. The number of rotatable bonds is 4. The van der Waals surface area contributed by atoms with Crippen LogP contribution >= 0.6 is 11.8 Å². The largest absolute Gasteiger partial charge is 0.490 e. The first-order chi connectivity index (χ1) is 15.4. The molecule has 0 radical (unpaired) electrons. The monoisotopic (exact) mass is 463 g/mol. The Morgan fingerprint density at radius 3 is 2.18 bits per heavy atom. The molecule has 1 saturated heterocycles. The van der Waals surface area contributed by atoms with E-state index in [-0.39, 0.29) is 28.1 Å². The van der Waals surface area contributed by atoms with Crippen LogP contribution in [0.2, 0.25) is 0 Å². The summed E-state index contributed by atoms with van der Waals surface area (Å²) in [5.74, 6) is 0.431. The van der Waals surface area contributed by atoms with Gasteiger partial charge in [0.2, 0.25) is 0 Å². The summed E-state index contributed by atoms with van der Waals surface area (Å²) in [5.41, 5.74) is 7.44. The summed E-state index contributed by atoms with van der Waals surface area (Å²) in [7, 11) is 0. The van der Waals surface area contributed by atoms with E-state index < -0.39 is 0 Å². The highest BCUT2D eigenvalue weighted by Gasteiger charge is 2.37. The normalized spacial score (nSPS) is 20.2. The molecule has 0 unspecified atom stereocenters. The lowest BCUT2D eigenvalue weighted by atomic mass is 9.62. The van der Waals surface area contributed by atoms with E-state index in [4.69, 9.17) is 4.74 Å². The van der Waals surface area contributed by atoms with Gasteiger partial charge in [0.1, 0.15) is 5.75 Å². The average Bonchev–Trinajstić information content (AvgIpc) is 3.02. The lowest BCUT2D eigenvalue weighted by Crippen LogP contribution is -2.34. The van der Waals surface area contributed by atoms with Gasteiger partial charge in [-0.2, -0.15) is 0 Å². The Kier molecular flexibility index (Phi) is 5.98. The van der Waals surface area contributed by atoms with Crippen LogP contribution in [0.4, 0.5) is 4.79 Å². The Hall–Kier alpha value is -2.53. The highest BCUT2D eigenvalue weighted by molar-refractivity contribution is 8.18. The van der Waals surface area contributed by atoms with E-state index in [2.05, 4.69) is 58.1 Å². The van der Waals surface area contributed by atoms with Crippen molar-refractivity contribution in [3.8, 4) is 16.9 Å². The molecule has 2 aromatic rings. The van der Waals surface area contributed by atoms with Crippen LogP contribution in [0.3, 0.4) is 0 Å². The fourth-order valence-corrected chi connectivity index (χ4v) is 5.47. The van der Waals surface area contributed by atoms with Crippen molar-refractivity contribution in [2.45, 2.75) is 78.2 Å². The van der Waals surface area contributed by atoms with Gasteiger partial charge in [0.25, 0.3) is 11.1 Å². The molecule has 0 aromatic heterocycles. The molecule has 5 heteroatoms. The van der Waals surface area contributed by atoms with Crippen LogP contribution in [0.5, 0.6) is 5.75 Å². The van der Waals surface area contributed by atoms with E-state index in [0.717, 1.165) is 35.1 Å². The summed E-state index contributed by atoms with van der Waals surface area (Å²) in [6, 6.07) is 10.8. The highest BCUT2D eigenvalue weighted by atomic mass is 32.2. The Morgan fingerprint density at radius 2 is 1.61 bits per heavy atom. The Balaban J connectivity index is 1.84. The number of fused-ring (bicyclic) bond motifs is 1. The maximum absolute atomic E-state index is 12.0. The zero-order valence-corrected chi connectivity index (χ0v) is 21.4. The topological polar surface area (TPSA) is 55.4 Å². The number of carbonyl (C=O) groups is 2. The molecule has 1 heterocycles. The zero-order chi connectivity index (χ0) is 24.1. The van der Waals surface area contributed by atoms with Crippen molar-refractivity contribution in [2.75, 3.05) is 0 Å². The van der Waals surface area contributed by atoms with Gasteiger partial charge < -0.3 is 4.74 Å². The molecule has 1 N–H and O–H groups in total. The minimum Gasteiger partial charge on any atom is -0.490 e. The lowest BCUT2D eigenvalue weighted by molar-refractivity contribution is -0.115. The Morgan fingerprint density at radius 1 is 0.970 bits per heavy atom. The van der Waals surface area contributed by atoms with Crippen LogP contribution < -0.4 is 10.1 Å². The molecule has 2 aliphatic rings. The molecule has 174 valence electrons. The van der Waals surface area contributed by atoms with Gasteiger partial charge in [-0.1, -0.05) is 45.9 Å². The molecule has 0 atom stereocenters. The van der Waals surface area contributed by atoms with Gasteiger partial charge in [0.05, 0.1) is 11.0 Å². The average molecular weight is 464 g/mol. The standard InChI is InChI=1S/C28H33NO3S/c1-16(2)32-23-13-18(14-24-25(30)29-26(31)33-24)8-9-19(23)20-15-22-21(12-17(20)3)27(4,5)10-11-28(22,6)7/h8-9,12-16H,10-11H2,1-7H3,(H,29,30,31)/b24-14-. The van der Waals surface area contributed by atoms with Crippen molar-refractivity contribution >= 4 is 29.0 Å². The van der Waals surface area contributed by atoms with Gasteiger partial charge in [-0.15, -0.1) is 0 Å². The van der Waals surface area contributed by atoms with E-state index in [1.54, 1.807) is 6.08 Å². The summed E-state index contributed by atoms with van der Waals surface area (Å²) >= 11 is 0.927. The first-order valence-corrected chi connectivity index (χ1v) is 12.4. The van der Waals surface area contributed by atoms with Gasteiger partial charge in [-0.3, -0.25) is 14.9 Å². The Labute approximate surface area is 201 Å². The van der Waals surface area contributed by atoms with Crippen LogP contribution in [0.15, 0.2) is 35.2 Å². The molecule has 4 nitrogen and oxygen atoms in total. The molecule has 0 saturated carbocycles. The number of hydrogen-bond acceptors (Lipinski definition) is 4. The van der Waals surface area contributed by atoms with Crippen LogP contribution in [-0.2, 0) is 15.6 Å². The fourth-order valence-electron chi connectivity index (χ4n) is 4.79. The summed E-state index contributed by atoms with van der Waals surface area (Å²) in [6.45, 7) is 15.6. The van der Waals surface area contributed by atoms with E-state index in [1.807, 2.05) is 26.0 Å². The number of hydrogen-bond donors (Lipinski definition) is 1. The number of ether oxygens (including phenoxy) is 1. The minimum atomic E-state index is -0.351. The van der Waals surface area contributed by atoms with Gasteiger partial charge in [-0.25, -0.2) is 0 Å². The van der Waals surface area contributed by atoms with Crippen molar-refractivity contribution in [3.05, 3.63) is 57.5 Å². The third kappa shape index (κ3) is 4.61. The van der Waals surface area contributed by atoms with Crippen LogP contribution in [0, 0.1) is 6.92 Å². The van der Waals surface area contributed by atoms with Gasteiger partial charge in [-0.05, 0) is 102 Å². The van der Waals surface area contributed by atoms with Crippen molar-refractivity contribution < 1.29 is 14.3 Å². The Bertz CT molecular complexity index is 1170. The van der Waals surface area contributed by atoms with E-state index in [9.17, 15) is 9.59 Å². The van der Waals surface area contributed by atoms with E-state index in [0.29, 0.717) is 4.91 Å². The molecule has 33 heavy (non-hydrogen) atoms. The second-order valence-electron chi connectivity index (χ2n) is 10.8. The minimum absolute atomic E-state index is 0.00527. The number of carbonyl (C=O) groups excluding carboxylic acids is 2. The van der Waals surface area contributed by atoms with Crippen LogP contribution in [-0.4, -0.2) is 17.3 Å². The van der Waals surface area contributed by atoms with Gasteiger partial charge in [0.15, 0.2) is 0 Å². The number of benzene rings is 2. The number of nitrogens with one attached hydrogen (secondary N) is 1. The molecule has 0 spiro atoms. The number of aryl methyl sites for hydroxylation is 1.